The average molecular weight is 273 g/mol. The van der Waals surface area contributed by atoms with Gasteiger partial charge in [-0.25, -0.2) is 0 Å². The van der Waals surface area contributed by atoms with Gasteiger partial charge in [0.2, 0.25) is 0 Å². The van der Waals surface area contributed by atoms with Gasteiger partial charge < -0.3 is 10.1 Å². The van der Waals surface area contributed by atoms with Crippen molar-refractivity contribution in [2.75, 3.05) is 7.11 Å². The van der Waals surface area contributed by atoms with Crippen LogP contribution in [0, 0.1) is 13.8 Å². The summed E-state index contributed by atoms with van der Waals surface area (Å²) in [6.07, 6.45) is 0. The van der Waals surface area contributed by atoms with E-state index in [2.05, 4.69) is 37.3 Å². The number of aromatic nitrogens is 2. The van der Waals surface area contributed by atoms with E-state index in [0.717, 1.165) is 18.0 Å². The van der Waals surface area contributed by atoms with Crippen LogP contribution in [0.1, 0.15) is 35.5 Å². The lowest BCUT2D eigenvalue weighted by molar-refractivity contribution is 0.401. The lowest BCUT2D eigenvalue weighted by atomic mass is 10.1. The minimum absolute atomic E-state index is 0.227. The highest BCUT2D eigenvalue weighted by molar-refractivity contribution is 5.35. The van der Waals surface area contributed by atoms with Crippen molar-refractivity contribution in [1.29, 1.82) is 0 Å². The van der Waals surface area contributed by atoms with E-state index in [9.17, 15) is 0 Å². The third-order valence-corrected chi connectivity index (χ3v) is 3.85. The molecule has 1 aromatic heterocycles. The number of hydrogen-bond donors (Lipinski definition) is 1. The Bertz CT molecular complexity index is 589. The summed E-state index contributed by atoms with van der Waals surface area (Å²) >= 11 is 0. The van der Waals surface area contributed by atoms with Crippen LogP contribution in [-0.4, -0.2) is 16.9 Å². The smallest absolute Gasteiger partial charge is 0.123 e. The zero-order valence-corrected chi connectivity index (χ0v) is 12.9. The maximum atomic E-state index is 5.41. The van der Waals surface area contributed by atoms with Gasteiger partial charge in [0.15, 0.2) is 0 Å². The summed E-state index contributed by atoms with van der Waals surface area (Å²) in [4.78, 5) is 0. The van der Waals surface area contributed by atoms with E-state index >= 15 is 0 Å². The van der Waals surface area contributed by atoms with Crippen molar-refractivity contribution in [2.45, 2.75) is 33.4 Å². The lowest BCUT2D eigenvalue weighted by Gasteiger charge is -2.17. The van der Waals surface area contributed by atoms with Crippen molar-refractivity contribution in [3.05, 3.63) is 46.8 Å². The second-order valence-electron chi connectivity index (χ2n) is 5.12. The van der Waals surface area contributed by atoms with Crippen LogP contribution >= 0.6 is 0 Å². The highest BCUT2D eigenvalue weighted by Gasteiger charge is 2.13. The van der Waals surface area contributed by atoms with Crippen molar-refractivity contribution in [3.8, 4) is 5.75 Å². The third-order valence-electron chi connectivity index (χ3n) is 3.85. The molecule has 0 unspecified atom stereocenters. The van der Waals surface area contributed by atoms with Gasteiger partial charge in [0.1, 0.15) is 5.75 Å². The van der Waals surface area contributed by atoms with Gasteiger partial charge in [-0.05, 0) is 26.8 Å². The summed E-state index contributed by atoms with van der Waals surface area (Å²) in [6.45, 7) is 7.12. The molecular weight excluding hydrogens is 250 g/mol. The first kappa shape index (κ1) is 14.6. The first-order chi connectivity index (χ1) is 9.54. The number of aryl methyl sites for hydroxylation is 2. The van der Waals surface area contributed by atoms with Gasteiger partial charge >= 0.3 is 0 Å². The summed E-state index contributed by atoms with van der Waals surface area (Å²) in [7, 11) is 3.69. The van der Waals surface area contributed by atoms with E-state index in [-0.39, 0.29) is 6.04 Å². The number of hydrogen-bond acceptors (Lipinski definition) is 3. The summed E-state index contributed by atoms with van der Waals surface area (Å²) in [5.41, 5.74) is 4.75. The Balaban J connectivity index is 2.10. The summed E-state index contributed by atoms with van der Waals surface area (Å²) in [5, 5.41) is 8.00. The van der Waals surface area contributed by atoms with Crippen LogP contribution in [0.3, 0.4) is 0 Å². The second-order valence-corrected chi connectivity index (χ2v) is 5.12. The van der Waals surface area contributed by atoms with Crippen LogP contribution in [0.4, 0.5) is 0 Å². The Morgan fingerprint density at radius 2 is 2.00 bits per heavy atom. The van der Waals surface area contributed by atoms with Gasteiger partial charge in [0, 0.05) is 36.5 Å². The van der Waals surface area contributed by atoms with E-state index in [1.807, 2.05) is 29.9 Å². The molecule has 0 radical (unpaired) electrons. The Kier molecular flexibility index (Phi) is 4.45. The molecule has 1 N–H and O–H groups in total. The van der Waals surface area contributed by atoms with Gasteiger partial charge in [-0.3, -0.25) is 4.68 Å². The highest BCUT2D eigenvalue weighted by Crippen LogP contribution is 2.25. The van der Waals surface area contributed by atoms with Crippen molar-refractivity contribution in [1.82, 2.24) is 15.1 Å². The predicted molar refractivity (Wildman–Crippen MR) is 80.9 cm³/mol. The molecule has 0 saturated heterocycles. The van der Waals surface area contributed by atoms with E-state index in [1.54, 1.807) is 7.11 Å². The van der Waals surface area contributed by atoms with Gasteiger partial charge in [-0.1, -0.05) is 18.2 Å². The van der Waals surface area contributed by atoms with Gasteiger partial charge in [0.05, 0.1) is 12.8 Å². The van der Waals surface area contributed by atoms with Crippen LogP contribution in [0.25, 0.3) is 0 Å². The third kappa shape index (κ3) is 2.85. The molecule has 0 aliphatic carbocycles. The predicted octanol–water partition coefficient (Wildman–Crippen LogP) is 2.90. The van der Waals surface area contributed by atoms with Crippen LogP contribution in [0.15, 0.2) is 24.3 Å². The maximum Gasteiger partial charge on any atom is 0.123 e. The van der Waals surface area contributed by atoms with E-state index in [1.165, 1.54) is 16.8 Å². The summed E-state index contributed by atoms with van der Waals surface area (Å²) in [5.74, 6) is 0.923. The number of methoxy groups -OCH3 is 1. The minimum atomic E-state index is 0.227. The number of rotatable bonds is 5. The fourth-order valence-corrected chi connectivity index (χ4v) is 2.46. The van der Waals surface area contributed by atoms with Gasteiger partial charge in [-0.15, -0.1) is 0 Å². The van der Waals surface area contributed by atoms with Crippen molar-refractivity contribution >= 4 is 0 Å². The topological polar surface area (TPSA) is 39.1 Å². The van der Waals surface area contributed by atoms with E-state index in [0.29, 0.717) is 0 Å². The van der Waals surface area contributed by atoms with Crippen LogP contribution in [0.2, 0.25) is 0 Å². The summed E-state index contributed by atoms with van der Waals surface area (Å²) in [6, 6.07) is 8.35. The molecule has 20 heavy (non-hydrogen) atoms. The number of ether oxygens (including phenoxy) is 1. The van der Waals surface area contributed by atoms with Crippen molar-refractivity contribution in [2.24, 2.45) is 7.05 Å². The molecule has 0 fully saturated rings. The quantitative estimate of drug-likeness (QED) is 0.910. The molecule has 0 saturated carbocycles. The Morgan fingerprint density at radius 3 is 2.60 bits per heavy atom. The molecule has 0 amide bonds. The molecule has 0 aliphatic rings. The molecule has 108 valence electrons. The SMILES string of the molecule is COc1ccccc1[C@H](C)NCc1c(C)nn(C)c1C. The Labute approximate surface area is 120 Å². The molecule has 0 bridgehead atoms. The molecule has 0 aliphatic heterocycles. The average Bonchev–Trinajstić information content (AvgIpc) is 2.70. The molecule has 4 heteroatoms. The molecular formula is C16H23N3O. The van der Waals surface area contributed by atoms with Gasteiger partial charge in [-0.2, -0.15) is 5.10 Å². The number of nitrogens with one attached hydrogen (secondary N) is 1. The number of para-hydroxylation sites is 1. The monoisotopic (exact) mass is 273 g/mol. The van der Waals surface area contributed by atoms with Gasteiger partial charge in [0.25, 0.3) is 0 Å². The molecule has 0 spiro atoms. The molecule has 1 heterocycles. The molecule has 2 aromatic rings. The highest BCUT2D eigenvalue weighted by atomic mass is 16.5. The second kappa shape index (κ2) is 6.09. The zero-order valence-electron chi connectivity index (χ0n) is 12.9. The van der Waals surface area contributed by atoms with Crippen molar-refractivity contribution < 1.29 is 4.74 Å². The number of nitrogens with zero attached hydrogens (tertiary/aromatic N) is 2. The molecule has 1 atom stereocenters. The Morgan fingerprint density at radius 1 is 1.30 bits per heavy atom. The molecule has 4 nitrogen and oxygen atoms in total. The largest absolute Gasteiger partial charge is 0.496 e. The molecule has 2 rings (SSSR count). The van der Waals surface area contributed by atoms with E-state index < -0.39 is 0 Å². The van der Waals surface area contributed by atoms with Crippen molar-refractivity contribution in [3.63, 3.8) is 0 Å². The maximum absolute atomic E-state index is 5.41. The van der Waals surface area contributed by atoms with E-state index in [4.69, 9.17) is 4.74 Å². The number of benzene rings is 1. The Hall–Kier alpha value is -1.81. The minimum Gasteiger partial charge on any atom is -0.496 e. The standard InChI is InChI=1S/C16H23N3O/c1-11(14-8-6-7-9-16(14)20-5)17-10-15-12(2)18-19(4)13(15)3/h6-9,11,17H,10H2,1-5H3/t11-/m0/s1. The normalized spacial score (nSPS) is 12.4. The summed E-state index contributed by atoms with van der Waals surface area (Å²) < 4.78 is 7.34. The first-order valence-corrected chi connectivity index (χ1v) is 6.90. The fourth-order valence-electron chi connectivity index (χ4n) is 2.46. The lowest BCUT2D eigenvalue weighted by Crippen LogP contribution is -2.19. The first-order valence-electron chi connectivity index (χ1n) is 6.90. The molecule has 1 aromatic carbocycles. The fraction of sp³-hybridized carbons (Fsp3) is 0.438. The zero-order chi connectivity index (χ0) is 14.7. The van der Waals surface area contributed by atoms with Crippen LogP contribution < -0.4 is 10.1 Å². The van der Waals surface area contributed by atoms with Crippen LogP contribution in [-0.2, 0) is 13.6 Å². The van der Waals surface area contributed by atoms with Crippen LogP contribution in [0.5, 0.6) is 5.75 Å².